The molecule has 0 saturated heterocycles. The maximum Gasteiger partial charge on any atom is 0.223 e. The Balaban J connectivity index is 2.07. The van der Waals surface area contributed by atoms with Crippen molar-refractivity contribution >= 4 is 34.9 Å². The monoisotopic (exact) mass is 350 g/mol. The molecule has 2 aromatic rings. The van der Waals surface area contributed by atoms with Gasteiger partial charge in [0.1, 0.15) is 5.76 Å². The van der Waals surface area contributed by atoms with Gasteiger partial charge in [0.2, 0.25) is 5.95 Å². The van der Waals surface area contributed by atoms with Crippen LogP contribution in [0, 0.1) is 0 Å². The number of anilines is 1. The fraction of sp³-hybridized carbons (Fsp3) is 0.286. The van der Waals surface area contributed by atoms with E-state index >= 15 is 0 Å². The third-order valence-electron chi connectivity index (χ3n) is 3.42. The van der Waals surface area contributed by atoms with E-state index in [4.69, 9.17) is 31.5 Å². The summed E-state index contributed by atoms with van der Waals surface area (Å²) in [5.41, 5.74) is 7.27. The number of aromatic nitrogens is 5. The molecule has 0 fully saturated rings. The zero-order chi connectivity index (χ0) is 17.3. The first-order valence-corrected chi connectivity index (χ1v) is 7.27. The highest BCUT2D eigenvalue weighted by molar-refractivity contribution is 6.33. The highest BCUT2D eigenvalue weighted by Gasteiger charge is 2.22. The summed E-state index contributed by atoms with van der Waals surface area (Å²) < 4.78 is 17.5. The quantitative estimate of drug-likeness (QED) is 0.830. The minimum absolute atomic E-state index is 0.0466. The molecule has 0 atom stereocenters. The first-order valence-electron chi connectivity index (χ1n) is 6.89. The normalized spacial score (nSPS) is 16.5. The number of methoxy groups -OCH3 is 3. The third-order valence-corrected chi connectivity index (χ3v) is 3.68. The lowest BCUT2D eigenvalue weighted by Crippen LogP contribution is -2.09. The van der Waals surface area contributed by atoms with Crippen LogP contribution < -0.4 is 5.73 Å². The average molecular weight is 351 g/mol. The molecule has 2 heterocycles. The minimum atomic E-state index is 0.0466. The van der Waals surface area contributed by atoms with E-state index in [9.17, 15) is 0 Å². The van der Waals surface area contributed by atoms with Gasteiger partial charge in [-0.2, -0.15) is 9.97 Å². The van der Waals surface area contributed by atoms with Crippen molar-refractivity contribution in [2.45, 2.75) is 6.42 Å². The molecule has 2 aromatic heterocycles. The van der Waals surface area contributed by atoms with Crippen molar-refractivity contribution in [1.82, 2.24) is 25.0 Å². The summed E-state index contributed by atoms with van der Waals surface area (Å²) in [5, 5.41) is 8.14. The van der Waals surface area contributed by atoms with Crippen LogP contribution in [0.15, 0.2) is 28.9 Å². The average Bonchev–Trinajstić information content (AvgIpc) is 2.96. The molecular weight excluding hydrogens is 336 g/mol. The molecular formula is C14H15ClN6O3. The van der Waals surface area contributed by atoms with E-state index in [1.165, 1.54) is 4.68 Å². The Hall–Kier alpha value is -2.81. The molecule has 10 heteroatoms. The van der Waals surface area contributed by atoms with Crippen molar-refractivity contribution < 1.29 is 14.2 Å². The van der Waals surface area contributed by atoms with E-state index < -0.39 is 0 Å². The van der Waals surface area contributed by atoms with E-state index in [0.29, 0.717) is 34.9 Å². The summed E-state index contributed by atoms with van der Waals surface area (Å²) in [6, 6.07) is 0. The Morgan fingerprint density at radius 3 is 2.67 bits per heavy atom. The van der Waals surface area contributed by atoms with Gasteiger partial charge in [0, 0.05) is 12.6 Å². The van der Waals surface area contributed by atoms with Crippen LogP contribution in [0.1, 0.15) is 6.42 Å². The first kappa shape index (κ1) is 16.1. The highest BCUT2D eigenvalue weighted by atomic mass is 35.5. The second kappa shape index (κ2) is 6.36. The van der Waals surface area contributed by atoms with Gasteiger partial charge < -0.3 is 19.9 Å². The van der Waals surface area contributed by atoms with Gasteiger partial charge in [-0.3, -0.25) is 0 Å². The van der Waals surface area contributed by atoms with Crippen LogP contribution in [0.3, 0.4) is 0 Å². The summed E-state index contributed by atoms with van der Waals surface area (Å²) in [6.45, 7) is 0. The number of nitrogens with zero attached hydrogens (tertiary/aromatic N) is 5. The van der Waals surface area contributed by atoms with Crippen LogP contribution in [-0.2, 0) is 14.2 Å². The van der Waals surface area contributed by atoms with Crippen molar-refractivity contribution in [2.24, 2.45) is 0 Å². The lowest BCUT2D eigenvalue weighted by molar-refractivity contribution is 0.178. The van der Waals surface area contributed by atoms with Crippen molar-refractivity contribution in [1.29, 1.82) is 0 Å². The van der Waals surface area contributed by atoms with Crippen LogP contribution in [0.4, 0.5) is 5.95 Å². The maximum atomic E-state index is 6.00. The number of fused-ring (bicyclic) bond motifs is 1. The van der Waals surface area contributed by atoms with Gasteiger partial charge >= 0.3 is 0 Å². The standard InChI is InChI=1S/C14H15ClN6O3/c1-22-8-4-7(5-9(23-2)11(8)24-3)6-21-13-10(19-20-21)12(15)17-14(16)18-13/h4,6H,5H2,1-3H3,(H2,16,17,18). The molecule has 0 spiro atoms. The molecule has 9 nitrogen and oxygen atoms in total. The summed E-state index contributed by atoms with van der Waals surface area (Å²) in [5.74, 6) is 1.78. The van der Waals surface area contributed by atoms with E-state index in [1.54, 1.807) is 27.5 Å². The summed E-state index contributed by atoms with van der Waals surface area (Å²) in [7, 11) is 4.69. The molecule has 0 aromatic carbocycles. The molecule has 2 N–H and O–H groups in total. The summed E-state index contributed by atoms with van der Waals surface area (Å²) in [6.07, 6.45) is 4.05. The van der Waals surface area contributed by atoms with Gasteiger partial charge in [0.25, 0.3) is 0 Å². The molecule has 0 amide bonds. The lowest BCUT2D eigenvalue weighted by Gasteiger charge is -2.20. The molecule has 0 unspecified atom stereocenters. The molecule has 1 aliphatic rings. The van der Waals surface area contributed by atoms with Gasteiger partial charge in [0.15, 0.2) is 27.8 Å². The van der Waals surface area contributed by atoms with Gasteiger partial charge in [-0.05, 0) is 11.6 Å². The van der Waals surface area contributed by atoms with Gasteiger partial charge in [0.05, 0.1) is 21.3 Å². The summed E-state index contributed by atoms with van der Waals surface area (Å²) in [4.78, 5) is 7.98. The van der Waals surface area contributed by atoms with Gasteiger partial charge in [-0.1, -0.05) is 16.8 Å². The molecule has 24 heavy (non-hydrogen) atoms. The number of halogens is 1. The number of hydrogen-bond acceptors (Lipinski definition) is 8. The molecule has 0 aliphatic heterocycles. The largest absolute Gasteiger partial charge is 0.497 e. The van der Waals surface area contributed by atoms with Crippen LogP contribution in [0.25, 0.3) is 17.4 Å². The van der Waals surface area contributed by atoms with Crippen LogP contribution in [0.5, 0.6) is 0 Å². The number of ether oxygens (including phenoxy) is 3. The molecule has 3 rings (SSSR count). The Morgan fingerprint density at radius 2 is 2.00 bits per heavy atom. The molecule has 126 valence electrons. The Labute approximate surface area is 142 Å². The number of allylic oxidation sites excluding steroid dienone is 2. The Kier molecular flexibility index (Phi) is 4.26. The van der Waals surface area contributed by atoms with Gasteiger partial charge in [-0.15, -0.1) is 5.10 Å². The number of rotatable bonds is 4. The van der Waals surface area contributed by atoms with Gasteiger partial charge in [-0.25, -0.2) is 4.68 Å². The van der Waals surface area contributed by atoms with Crippen molar-refractivity contribution in [2.75, 3.05) is 27.1 Å². The van der Waals surface area contributed by atoms with E-state index in [0.717, 1.165) is 5.57 Å². The van der Waals surface area contributed by atoms with Crippen LogP contribution in [-0.4, -0.2) is 46.3 Å². The summed E-state index contributed by atoms with van der Waals surface area (Å²) >= 11 is 6.00. The Morgan fingerprint density at radius 1 is 1.21 bits per heavy atom. The predicted octanol–water partition coefficient (Wildman–Crippen LogP) is 1.74. The smallest absolute Gasteiger partial charge is 0.223 e. The maximum absolute atomic E-state index is 6.00. The lowest BCUT2D eigenvalue weighted by atomic mass is 10.0. The van der Waals surface area contributed by atoms with E-state index in [-0.39, 0.29) is 11.1 Å². The van der Waals surface area contributed by atoms with Crippen molar-refractivity contribution in [3.63, 3.8) is 0 Å². The fourth-order valence-corrected chi connectivity index (χ4v) is 2.57. The highest BCUT2D eigenvalue weighted by Crippen LogP contribution is 2.30. The van der Waals surface area contributed by atoms with E-state index in [1.807, 2.05) is 6.08 Å². The molecule has 0 radical (unpaired) electrons. The topological polar surface area (TPSA) is 110 Å². The molecule has 1 aliphatic carbocycles. The number of hydrogen-bond donors (Lipinski definition) is 1. The predicted molar refractivity (Wildman–Crippen MR) is 87.6 cm³/mol. The van der Waals surface area contributed by atoms with E-state index in [2.05, 4.69) is 20.3 Å². The number of nitrogens with two attached hydrogens (primary N) is 1. The second-order valence-electron chi connectivity index (χ2n) is 4.83. The fourth-order valence-electron chi connectivity index (χ4n) is 2.36. The molecule has 0 bridgehead atoms. The molecule has 0 saturated carbocycles. The third kappa shape index (κ3) is 2.73. The van der Waals surface area contributed by atoms with Crippen molar-refractivity contribution in [3.05, 3.63) is 34.1 Å². The minimum Gasteiger partial charge on any atom is -0.497 e. The first-order chi connectivity index (χ1) is 11.6. The SMILES string of the molecule is COC1=CC(=Cn2nnc3c(Cl)nc(N)nc32)CC(OC)=C1OC. The van der Waals surface area contributed by atoms with Crippen LogP contribution >= 0.6 is 11.6 Å². The zero-order valence-electron chi connectivity index (χ0n) is 13.3. The number of nitrogen functional groups attached to an aromatic ring is 1. The van der Waals surface area contributed by atoms with Crippen LogP contribution in [0.2, 0.25) is 5.15 Å². The second-order valence-corrected chi connectivity index (χ2v) is 5.19. The Bertz CT molecular complexity index is 886. The zero-order valence-corrected chi connectivity index (χ0v) is 14.0. The van der Waals surface area contributed by atoms with Crippen molar-refractivity contribution in [3.8, 4) is 0 Å².